The van der Waals surface area contributed by atoms with Crippen molar-refractivity contribution in [2.24, 2.45) is 0 Å². The van der Waals surface area contributed by atoms with Crippen molar-refractivity contribution >= 4 is 12.4 Å². The van der Waals surface area contributed by atoms with E-state index in [2.05, 4.69) is 16.6 Å². The van der Waals surface area contributed by atoms with Crippen molar-refractivity contribution in [2.45, 2.75) is 19.3 Å². The number of unbranched alkanes of at least 4 members (excludes halogenated alkanes) is 2. The molecule has 0 fully saturated rings. The maximum atomic E-state index is 10.8. The number of amides is 1. The molecular formula is C9H15NO3. The smallest absolute Gasteiger partial charge is 0.407 e. The van der Waals surface area contributed by atoms with Gasteiger partial charge in [-0.3, -0.25) is 0 Å². The number of alkyl carbamates (subject to hydrolysis) is 1. The highest BCUT2D eigenvalue weighted by Gasteiger charge is 1.97. The second kappa shape index (κ2) is 8.77. The lowest BCUT2D eigenvalue weighted by atomic mass is 10.2. The first-order valence-corrected chi connectivity index (χ1v) is 4.26. The van der Waals surface area contributed by atoms with Gasteiger partial charge in [0.25, 0.3) is 0 Å². The Hall–Kier alpha value is -1.32. The minimum Gasteiger partial charge on any atom is -0.445 e. The highest BCUT2D eigenvalue weighted by molar-refractivity contribution is 5.67. The quantitative estimate of drug-likeness (QED) is 0.369. The minimum absolute atomic E-state index is 0.222. The maximum Gasteiger partial charge on any atom is 0.407 e. The average Bonchev–Trinajstić information content (AvgIpc) is 2.14. The molecule has 0 saturated heterocycles. The molecule has 1 amide bonds. The molecule has 0 radical (unpaired) electrons. The van der Waals surface area contributed by atoms with Crippen LogP contribution >= 0.6 is 0 Å². The summed E-state index contributed by atoms with van der Waals surface area (Å²) in [6.07, 6.45) is 4.07. The molecule has 0 unspecified atom stereocenters. The van der Waals surface area contributed by atoms with Crippen LogP contribution in [-0.2, 0) is 9.53 Å². The predicted molar refractivity (Wildman–Crippen MR) is 49.5 cm³/mol. The molecule has 0 aromatic heterocycles. The Bertz CT molecular complexity index is 168. The summed E-state index contributed by atoms with van der Waals surface area (Å²) in [5, 5.41) is 2.55. The van der Waals surface area contributed by atoms with Gasteiger partial charge in [0.1, 0.15) is 12.9 Å². The first kappa shape index (κ1) is 11.7. The van der Waals surface area contributed by atoms with E-state index in [9.17, 15) is 9.59 Å². The minimum atomic E-state index is -0.439. The molecule has 0 heterocycles. The van der Waals surface area contributed by atoms with Gasteiger partial charge in [0.15, 0.2) is 0 Å². The monoisotopic (exact) mass is 185 g/mol. The third-order valence-electron chi connectivity index (χ3n) is 1.35. The molecule has 0 aliphatic rings. The van der Waals surface area contributed by atoms with Gasteiger partial charge >= 0.3 is 6.09 Å². The summed E-state index contributed by atoms with van der Waals surface area (Å²) in [5.41, 5.74) is 0. The molecule has 0 aromatic rings. The van der Waals surface area contributed by atoms with Gasteiger partial charge in [-0.15, -0.1) is 0 Å². The number of hydrogen-bond acceptors (Lipinski definition) is 3. The van der Waals surface area contributed by atoms with Gasteiger partial charge in [-0.25, -0.2) is 4.79 Å². The lowest BCUT2D eigenvalue weighted by Crippen LogP contribution is -2.25. The summed E-state index contributed by atoms with van der Waals surface area (Å²) in [6.45, 7) is 4.18. The van der Waals surface area contributed by atoms with Crippen molar-refractivity contribution in [1.29, 1.82) is 0 Å². The largest absolute Gasteiger partial charge is 0.445 e. The lowest BCUT2D eigenvalue weighted by Gasteiger charge is -2.03. The molecule has 13 heavy (non-hydrogen) atoms. The third kappa shape index (κ3) is 8.59. The first-order valence-electron chi connectivity index (χ1n) is 4.26. The van der Waals surface area contributed by atoms with E-state index in [1.54, 1.807) is 0 Å². The normalized spacial score (nSPS) is 8.92. The Morgan fingerprint density at radius 1 is 1.46 bits per heavy atom. The zero-order valence-corrected chi connectivity index (χ0v) is 7.62. The predicted octanol–water partition coefficient (Wildman–Crippen LogP) is 1.27. The van der Waals surface area contributed by atoms with Gasteiger partial charge in [-0.05, 0) is 12.8 Å². The topological polar surface area (TPSA) is 55.4 Å². The number of carbonyl (C=O) groups is 2. The van der Waals surface area contributed by atoms with Crippen LogP contribution in [0.5, 0.6) is 0 Å². The fourth-order valence-electron chi connectivity index (χ4n) is 0.729. The van der Waals surface area contributed by atoms with E-state index in [1.165, 1.54) is 6.08 Å². The van der Waals surface area contributed by atoms with Gasteiger partial charge < -0.3 is 14.8 Å². The van der Waals surface area contributed by atoms with Crippen LogP contribution in [0.25, 0.3) is 0 Å². The van der Waals surface area contributed by atoms with E-state index >= 15 is 0 Å². The van der Waals surface area contributed by atoms with Crippen LogP contribution in [0.2, 0.25) is 0 Å². The van der Waals surface area contributed by atoms with Crippen LogP contribution in [0.15, 0.2) is 12.7 Å². The highest BCUT2D eigenvalue weighted by atomic mass is 16.5. The number of ether oxygens (including phenoxy) is 1. The third-order valence-corrected chi connectivity index (χ3v) is 1.35. The Morgan fingerprint density at radius 3 is 2.85 bits per heavy atom. The second-order valence-corrected chi connectivity index (χ2v) is 2.48. The van der Waals surface area contributed by atoms with Crippen molar-refractivity contribution < 1.29 is 14.3 Å². The molecule has 0 saturated carbocycles. The average molecular weight is 185 g/mol. The number of hydrogen-bond donors (Lipinski definition) is 1. The van der Waals surface area contributed by atoms with Crippen molar-refractivity contribution in [1.82, 2.24) is 5.32 Å². The van der Waals surface area contributed by atoms with E-state index in [0.29, 0.717) is 13.0 Å². The van der Waals surface area contributed by atoms with Gasteiger partial charge in [0, 0.05) is 13.0 Å². The van der Waals surface area contributed by atoms with Crippen molar-refractivity contribution in [3.63, 3.8) is 0 Å². The van der Waals surface area contributed by atoms with Crippen LogP contribution in [-0.4, -0.2) is 25.5 Å². The molecular weight excluding hydrogens is 170 g/mol. The highest BCUT2D eigenvalue weighted by Crippen LogP contribution is 1.90. The summed E-state index contributed by atoms with van der Waals surface area (Å²) in [4.78, 5) is 20.7. The Morgan fingerprint density at radius 2 is 2.23 bits per heavy atom. The molecule has 0 aliphatic carbocycles. The molecule has 0 aliphatic heterocycles. The summed E-state index contributed by atoms with van der Waals surface area (Å²) in [6, 6.07) is 0. The van der Waals surface area contributed by atoms with Crippen molar-refractivity contribution in [3.05, 3.63) is 12.7 Å². The maximum absolute atomic E-state index is 10.8. The molecule has 0 bridgehead atoms. The molecule has 0 rings (SSSR count). The lowest BCUT2D eigenvalue weighted by molar-refractivity contribution is -0.107. The zero-order valence-electron chi connectivity index (χ0n) is 7.62. The Balaban J connectivity index is 3.16. The number of aldehydes is 1. The van der Waals surface area contributed by atoms with E-state index < -0.39 is 6.09 Å². The van der Waals surface area contributed by atoms with Gasteiger partial charge in [-0.2, -0.15) is 0 Å². The van der Waals surface area contributed by atoms with Crippen LogP contribution in [0.1, 0.15) is 19.3 Å². The van der Waals surface area contributed by atoms with Gasteiger partial charge in [0.05, 0.1) is 0 Å². The van der Waals surface area contributed by atoms with Gasteiger partial charge in [0.2, 0.25) is 0 Å². The number of nitrogens with one attached hydrogen (secondary N) is 1. The van der Waals surface area contributed by atoms with E-state index in [0.717, 1.165) is 19.1 Å². The van der Waals surface area contributed by atoms with E-state index in [4.69, 9.17) is 0 Å². The van der Waals surface area contributed by atoms with Gasteiger partial charge in [-0.1, -0.05) is 12.7 Å². The van der Waals surface area contributed by atoms with Crippen molar-refractivity contribution in [2.75, 3.05) is 13.2 Å². The standard InChI is InChI=1S/C9H15NO3/c1-2-8-13-9(12)10-6-4-3-5-7-11/h2,7H,1,3-6,8H2,(H,10,12). The second-order valence-electron chi connectivity index (χ2n) is 2.48. The molecule has 1 N–H and O–H groups in total. The molecule has 4 nitrogen and oxygen atoms in total. The fourth-order valence-corrected chi connectivity index (χ4v) is 0.729. The number of carbonyl (C=O) groups excluding carboxylic acids is 2. The summed E-state index contributed by atoms with van der Waals surface area (Å²) in [5.74, 6) is 0. The Kier molecular flexibility index (Phi) is 7.88. The number of rotatable bonds is 7. The first-order chi connectivity index (χ1) is 6.31. The molecule has 4 heteroatoms. The van der Waals surface area contributed by atoms with E-state index in [1.807, 2.05) is 0 Å². The molecule has 0 spiro atoms. The molecule has 74 valence electrons. The molecule has 0 aromatic carbocycles. The van der Waals surface area contributed by atoms with Crippen LogP contribution < -0.4 is 5.32 Å². The summed E-state index contributed by atoms with van der Waals surface area (Å²) < 4.78 is 4.66. The Labute approximate surface area is 78.0 Å². The fraction of sp³-hybridized carbons (Fsp3) is 0.556. The summed E-state index contributed by atoms with van der Waals surface area (Å²) >= 11 is 0. The summed E-state index contributed by atoms with van der Waals surface area (Å²) in [7, 11) is 0. The molecule has 0 atom stereocenters. The zero-order chi connectivity index (χ0) is 9.94. The van der Waals surface area contributed by atoms with Crippen LogP contribution in [0.3, 0.4) is 0 Å². The van der Waals surface area contributed by atoms with Crippen molar-refractivity contribution in [3.8, 4) is 0 Å². The SMILES string of the molecule is C=CCOC(=O)NCCCCC=O. The van der Waals surface area contributed by atoms with E-state index in [-0.39, 0.29) is 6.61 Å². The van der Waals surface area contributed by atoms with Crippen LogP contribution in [0.4, 0.5) is 4.79 Å². The van der Waals surface area contributed by atoms with Crippen LogP contribution in [0, 0.1) is 0 Å².